The lowest BCUT2D eigenvalue weighted by Gasteiger charge is -2.09. The summed E-state index contributed by atoms with van der Waals surface area (Å²) in [5, 5.41) is 0. The maximum absolute atomic E-state index is 11.7. The van der Waals surface area contributed by atoms with Gasteiger partial charge in [0.05, 0.1) is 6.42 Å². The van der Waals surface area contributed by atoms with Crippen LogP contribution in [0.15, 0.2) is 4.99 Å². The van der Waals surface area contributed by atoms with Crippen LogP contribution < -0.4 is 17.2 Å². The fourth-order valence-electron chi connectivity index (χ4n) is 3.12. The molecule has 0 aromatic rings. The van der Waals surface area contributed by atoms with Crippen LogP contribution in [0.4, 0.5) is 0 Å². The van der Waals surface area contributed by atoms with E-state index in [1.807, 2.05) is 0 Å². The summed E-state index contributed by atoms with van der Waals surface area (Å²) in [6, 6.07) is -0.872. The third-order valence-electron chi connectivity index (χ3n) is 4.97. The van der Waals surface area contributed by atoms with Gasteiger partial charge in [-0.3, -0.25) is 4.99 Å². The largest absolute Gasteiger partial charge is 0.372 e. The van der Waals surface area contributed by atoms with Crippen LogP contribution in [0.2, 0.25) is 0 Å². The van der Waals surface area contributed by atoms with Gasteiger partial charge in [-0.05, 0) is 19.3 Å². The fourth-order valence-corrected chi connectivity index (χ4v) is 3.12. The molecule has 0 aliphatic rings. The Labute approximate surface area is 182 Å². The molecular formula is C22H44N4O4. The first-order valence-electron chi connectivity index (χ1n) is 11.7. The molecule has 0 aliphatic heterocycles. The molecule has 0 aliphatic carbocycles. The standard InChI is InChI=1S/C22H44N4O4/c1-2-3-4-5-6-7-8-9-10-11-12-13-14-17-20(27)29-30-21(28)19(23)16-15-18-26-22(24)25/h19H,2-18,23H2,1H3,(H4,24,25,26). The predicted octanol–water partition coefficient (Wildman–Crippen LogP) is 3.85. The molecule has 8 nitrogen and oxygen atoms in total. The quantitative estimate of drug-likeness (QED) is 0.0931. The Morgan fingerprint density at radius 1 is 0.767 bits per heavy atom. The first-order chi connectivity index (χ1) is 14.5. The van der Waals surface area contributed by atoms with E-state index in [2.05, 4.69) is 21.7 Å². The first-order valence-corrected chi connectivity index (χ1v) is 11.7. The third kappa shape index (κ3) is 19.5. The number of unbranched alkanes of at least 4 members (excludes halogenated alkanes) is 12. The van der Waals surface area contributed by atoms with E-state index in [0.29, 0.717) is 19.4 Å². The summed E-state index contributed by atoms with van der Waals surface area (Å²) < 4.78 is 0. The Balaban J connectivity index is 3.46. The minimum atomic E-state index is -0.872. The normalized spacial score (nSPS) is 11.7. The number of nitrogens with two attached hydrogens (primary N) is 3. The van der Waals surface area contributed by atoms with Crippen molar-refractivity contribution in [2.45, 2.75) is 116 Å². The highest BCUT2D eigenvalue weighted by molar-refractivity contribution is 5.77. The molecule has 0 spiro atoms. The Morgan fingerprint density at radius 2 is 1.27 bits per heavy atom. The summed E-state index contributed by atoms with van der Waals surface area (Å²) in [6.45, 7) is 2.62. The number of nitrogens with zero attached hydrogens (tertiary/aromatic N) is 1. The molecule has 0 radical (unpaired) electrons. The van der Waals surface area contributed by atoms with Crippen LogP contribution in [0.25, 0.3) is 0 Å². The maximum Gasteiger partial charge on any atom is 0.372 e. The minimum Gasteiger partial charge on any atom is -0.370 e. The Bertz CT molecular complexity index is 468. The van der Waals surface area contributed by atoms with E-state index in [-0.39, 0.29) is 12.4 Å². The molecule has 0 saturated heterocycles. The number of guanidine groups is 1. The van der Waals surface area contributed by atoms with Crippen molar-refractivity contribution < 1.29 is 19.4 Å². The lowest BCUT2D eigenvalue weighted by atomic mass is 10.0. The molecule has 0 aromatic carbocycles. The molecule has 0 aromatic heterocycles. The van der Waals surface area contributed by atoms with Gasteiger partial charge in [0.1, 0.15) is 6.04 Å². The summed E-state index contributed by atoms with van der Waals surface area (Å²) in [6.07, 6.45) is 17.2. The molecule has 1 atom stereocenters. The Morgan fingerprint density at radius 3 is 1.77 bits per heavy atom. The highest BCUT2D eigenvalue weighted by atomic mass is 17.2. The summed E-state index contributed by atoms with van der Waals surface area (Å²) in [5.41, 5.74) is 16.1. The van der Waals surface area contributed by atoms with Crippen molar-refractivity contribution >= 4 is 17.9 Å². The minimum absolute atomic E-state index is 0.00626. The average molecular weight is 429 g/mol. The topological polar surface area (TPSA) is 143 Å². The number of hydrogen-bond acceptors (Lipinski definition) is 6. The third-order valence-corrected chi connectivity index (χ3v) is 4.97. The monoisotopic (exact) mass is 428 g/mol. The van der Waals surface area contributed by atoms with Gasteiger partial charge in [-0.25, -0.2) is 19.4 Å². The SMILES string of the molecule is CCCCCCCCCCCCCCCC(=O)OOC(=O)C(N)CCCN=C(N)N. The maximum atomic E-state index is 11.7. The van der Waals surface area contributed by atoms with Crippen molar-refractivity contribution in [3.8, 4) is 0 Å². The molecule has 0 saturated carbocycles. The van der Waals surface area contributed by atoms with Gasteiger partial charge in [-0.15, -0.1) is 0 Å². The zero-order chi connectivity index (χ0) is 22.5. The van der Waals surface area contributed by atoms with E-state index < -0.39 is 18.0 Å². The molecule has 176 valence electrons. The second kappa shape index (κ2) is 20.4. The lowest BCUT2D eigenvalue weighted by molar-refractivity contribution is -0.260. The summed E-state index contributed by atoms with van der Waals surface area (Å²) in [7, 11) is 0. The highest BCUT2D eigenvalue weighted by Gasteiger charge is 2.18. The summed E-state index contributed by atoms with van der Waals surface area (Å²) in [4.78, 5) is 36.1. The smallest absolute Gasteiger partial charge is 0.370 e. The van der Waals surface area contributed by atoms with Gasteiger partial charge >= 0.3 is 11.9 Å². The molecule has 0 heterocycles. The molecule has 0 bridgehead atoms. The predicted molar refractivity (Wildman–Crippen MR) is 120 cm³/mol. The molecule has 0 amide bonds. The van der Waals surface area contributed by atoms with Gasteiger partial charge in [0.15, 0.2) is 5.96 Å². The van der Waals surface area contributed by atoms with Crippen molar-refractivity contribution in [2.75, 3.05) is 6.54 Å². The number of rotatable bonds is 19. The Kier molecular flexibility index (Phi) is 19.2. The Hall–Kier alpha value is -1.83. The second-order valence-electron chi connectivity index (χ2n) is 7.91. The van der Waals surface area contributed by atoms with Gasteiger partial charge in [0.25, 0.3) is 0 Å². The average Bonchev–Trinajstić information content (AvgIpc) is 2.72. The van der Waals surface area contributed by atoms with Crippen molar-refractivity contribution in [3.63, 3.8) is 0 Å². The van der Waals surface area contributed by atoms with Crippen LogP contribution in [0, 0.1) is 0 Å². The van der Waals surface area contributed by atoms with Crippen molar-refractivity contribution in [1.82, 2.24) is 0 Å². The first kappa shape index (κ1) is 28.2. The van der Waals surface area contributed by atoms with E-state index >= 15 is 0 Å². The van der Waals surface area contributed by atoms with E-state index in [4.69, 9.17) is 17.2 Å². The van der Waals surface area contributed by atoms with E-state index in [1.54, 1.807) is 0 Å². The number of aliphatic imine (C=N–C) groups is 1. The van der Waals surface area contributed by atoms with E-state index in [1.165, 1.54) is 64.2 Å². The van der Waals surface area contributed by atoms with Crippen LogP contribution in [0.5, 0.6) is 0 Å². The van der Waals surface area contributed by atoms with Crippen molar-refractivity contribution in [2.24, 2.45) is 22.2 Å². The van der Waals surface area contributed by atoms with Crippen LogP contribution in [0.1, 0.15) is 110 Å². The second-order valence-corrected chi connectivity index (χ2v) is 7.91. The number of hydrogen-bond donors (Lipinski definition) is 3. The zero-order valence-electron chi connectivity index (χ0n) is 18.9. The number of carbonyl (C=O) groups is 2. The van der Waals surface area contributed by atoms with Gasteiger partial charge in [0, 0.05) is 6.54 Å². The van der Waals surface area contributed by atoms with E-state index in [0.717, 1.165) is 19.3 Å². The number of carbonyl (C=O) groups excluding carboxylic acids is 2. The van der Waals surface area contributed by atoms with Gasteiger partial charge in [-0.2, -0.15) is 0 Å². The van der Waals surface area contributed by atoms with E-state index in [9.17, 15) is 9.59 Å². The summed E-state index contributed by atoms with van der Waals surface area (Å²) >= 11 is 0. The molecule has 0 rings (SSSR count). The highest BCUT2D eigenvalue weighted by Crippen LogP contribution is 2.13. The van der Waals surface area contributed by atoms with Crippen LogP contribution in [-0.2, 0) is 19.4 Å². The molecule has 8 heteroatoms. The molecular weight excluding hydrogens is 384 g/mol. The van der Waals surface area contributed by atoms with Gasteiger partial charge in [-0.1, -0.05) is 84.0 Å². The lowest BCUT2D eigenvalue weighted by Crippen LogP contribution is -2.33. The molecule has 6 N–H and O–H groups in total. The molecule has 0 fully saturated rings. The van der Waals surface area contributed by atoms with Gasteiger partial charge in [0.2, 0.25) is 0 Å². The van der Waals surface area contributed by atoms with Crippen molar-refractivity contribution in [3.05, 3.63) is 0 Å². The van der Waals surface area contributed by atoms with Gasteiger partial charge < -0.3 is 17.2 Å². The van der Waals surface area contributed by atoms with Crippen LogP contribution in [-0.4, -0.2) is 30.5 Å². The molecule has 30 heavy (non-hydrogen) atoms. The van der Waals surface area contributed by atoms with Crippen molar-refractivity contribution in [1.29, 1.82) is 0 Å². The molecule has 1 unspecified atom stereocenters. The fraction of sp³-hybridized carbons (Fsp3) is 0.864. The summed E-state index contributed by atoms with van der Waals surface area (Å²) in [5.74, 6) is -1.31. The van der Waals surface area contributed by atoms with Crippen LogP contribution in [0.3, 0.4) is 0 Å². The van der Waals surface area contributed by atoms with Crippen LogP contribution >= 0.6 is 0 Å². The zero-order valence-corrected chi connectivity index (χ0v) is 18.9.